The predicted molar refractivity (Wildman–Crippen MR) is 118 cm³/mol. The van der Waals surface area contributed by atoms with Crippen LogP contribution >= 0.6 is 22.6 Å². The zero-order valence-corrected chi connectivity index (χ0v) is 18.2. The summed E-state index contributed by atoms with van der Waals surface area (Å²) in [5.41, 5.74) is 1.82. The van der Waals surface area contributed by atoms with Gasteiger partial charge in [0.1, 0.15) is 0 Å². The molecular weight excluding hydrogens is 469 g/mol. The maximum absolute atomic E-state index is 12.2. The van der Waals surface area contributed by atoms with Crippen molar-refractivity contribution in [2.24, 2.45) is 4.99 Å². The van der Waals surface area contributed by atoms with Crippen molar-refractivity contribution >= 4 is 40.5 Å². The van der Waals surface area contributed by atoms with Gasteiger partial charge < -0.3 is 14.2 Å². The van der Waals surface area contributed by atoms with Crippen LogP contribution in [0.5, 0.6) is 11.5 Å². The molecule has 1 aliphatic heterocycles. The fourth-order valence-electron chi connectivity index (χ4n) is 2.56. The first-order valence-electron chi connectivity index (χ1n) is 9.22. The van der Waals surface area contributed by atoms with Gasteiger partial charge in [-0.15, -0.1) is 0 Å². The van der Waals surface area contributed by atoms with E-state index in [-0.39, 0.29) is 11.8 Å². The Hall–Kier alpha value is -2.35. The highest BCUT2D eigenvalue weighted by Crippen LogP contribution is 2.31. The minimum atomic E-state index is -0.466. The number of benzene rings is 2. The van der Waals surface area contributed by atoms with Crippen molar-refractivity contribution in [2.45, 2.75) is 33.3 Å². The van der Waals surface area contributed by atoms with Gasteiger partial charge in [0.2, 0.25) is 5.90 Å². The Morgan fingerprint density at radius 2 is 1.89 bits per heavy atom. The molecule has 1 aliphatic rings. The van der Waals surface area contributed by atoms with Crippen LogP contribution in [0.3, 0.4) is 0 Å². The summed E-state index contributed by atoms with van der Waals surface area (Å²) >= 11 is 2.22. The lowest BCUT2D eigenvalue weighted by Gasteiger charge is -2.16. The van der Waals surface area contributed by atoms with Crippen molar-refractivity contribution in [3.8, 4) is 11.5 Å². The molecule has 2 aromatic carbocycles. The summed E-state index contributed by atoms with van der Waals surface area (Å²) in [4.78, 5) is 16.6. The van der Waals surface area contributed by atoms with Crippen LogP contribution in [-0.2, 0) is 9.53 Å². The first-order valence-corrected chi connectivity index (χ1v) is 10.3. The van der Waals surface area contributed by atoms with E-state index in [1.54, 1.807) is 6.08 Å². The third kappa shape index (κ3) is 4.92. The number of carbonyl (C=O) groups is 1. The van der Waals surface area contributed by atoms with E-state index in [2.05, 4.69) is 34.5 Å². The van der Waals surface area contributed by atoms with Crippen LogP contribution in [0.1, 0.15) is 38.3 Å². The second-order valence-corrected chi connectivity index (χ2v) is 7.56. The summed E-state index contributed by atoms with van der Waals surface area (Å²) in [6.07, 6.45) is 2.69. The number of esters is 1. The summed E-state index contributed by atoms with van der Waals surface area (Å²) < 4.78 is 18.0. The Labute approximate surface area is 178 Å². The van der Waals surface area contributed by atoms with Crippen molar-refractivity contribution < 1.29 is 19.0 Å². The van der Waals surface area contributed by atoms with E-state index < -0.39 is 5.97 Å². The van der Waals surface area contributed by atoms with Crippen LogP contribution in [0.25, 0.3) is 6.08 Å². The quantitative estimate of drug-likeness (QED) is 0.303. The molecule has 0 N–H and O–H groups in total. The molecule has 146 valence electrons. The van der Waals surface area contributed by atoms with E-state index in [0.717, 1.165) is 21.1 Å². The fourth-order valence-corrected chi connectivity index (χ4v) is 2.92. The highest BCUT2D eigenvalue weighted by Gasteiger charge is 2.24. The average molecular weight is 491 g/mol. The highest BCUT2D eigenvalue weighted by atomic mass is 127. The fraction of sp³-hybridized carbons (Fsp3) is 0.273. The summed E-state index contributed by atoms with van der Waals surface area (Å²) in [5.74, 6) is 1.18. The summed E-state index contributed by atoms with van der Waals surface area (Å²) in [7, 11) is 0. The van der Waals surface area contributed by atoms with Crippen molar-refractivity contribution in [2.75, 3.05) is 6.61 Å². The molecule has 0 radical (unpaired) electrons. The highest BCUT2D eigenvalue weighted by molar-refractivity contribution is 14.1. The Balaban J connectivity index is 1.88. The Kier molecular flexibility index (Phi) is 6.72. The van der Waals surface area contributed by atoms with Gasteiger partial charge in [0, 0.05) is 9.13 Å². The largest absolute Gasteiger partial charge is 0.490 e. The van der Waals surface area contributed by atoms with Crippen molar-refractivity contribution in [3.05, 3.63) is 62.9 Å². The molecule has 0 spiro atoms. The standard InChI is InChI=1S/C22H22INO4/c1-4-14(3)27-19-11-6-15(13-20(19)26-5-2)12-18-22(25)28-21(24-18)16-7-9-17(23)10-8-16/h6-14H,4-5H2,1-3H3/b18-12-. The lowest BCUT2D eigenvalue weighted by atomic mass is 10.1. The van der Waals surface area contributed by atoms with Gasteiger partial charge in [0.15, 0.2) is 17.2 Å². The lowest BCUT2D eigenvalue weighted by molar-refractivity contribution is -0.129. The van der Waals surface area contributed by atoms with Crippen LogP contribution < -0.4 is 9.47 Å². The number of rotatable bonds is 7. The molecule has 0 aromatic heterocycles. The van der Waals surface area contributed by atoms with Gasteiger partial charge in [0.05, 0.1) is 12.7 Å². The third-order valence-electron chi connectivity index (χ3n) is 4.19. The number of nitrogens with zero attached hydrogens (tertiary/aromatic N) is 1. The van der Waals surface area contributed by atoms with Crippen molar-refractivity contribution in [3.63, 3.8) is 0 Å². The maximum atomic E-state index is 12.2. The topological polar surface area (TPSA) is 57.1 Å². The Bertz CT molecular complexity index is 919. The van der Waals surface area contributed by atoms with E-state index >= 15 is 0 Å². The van der Waals surface area contributed by atoms with Gasteiger partial charge in [-0.25, -0.2) is 9.79 Å². The number of halogens is 1. The molecule has 2 aromatic rings. The van der Waals surface area contributed by atoms with Gasteiger partial charge in [-0.1, -0.05) is 13.0 Å². The van der Waals surface area contributed by atoms with E-state index in [1.807, 2.05) is 56.3 Å². The van der Waals surface area contributed by atoms with Crippen molar-refractivity contribution in [1.82, 2.24) is 0 Å². The molecule has 0 bridgehead atoms. The van der Waals surface area contributed by atoms with Gasteiger partial charge >= 0.3 is 5.97 Å². The number of ether oxygens (including phenoxy) is 3. The minimum absolute atomic E-state index is 0.0920. The molecule has 0 aliphatic carbocycles. The maximum Gasteiger partial charge on any atom is 0.363 e. The predicted octanol–water partition coefficient (Wildman–Crippen LogP) is 5.21. The number of hydrogen-bond acceptors (Lipinski definition) is 5. The molecule has 5 nitrogen and oxygen atoms in total. The third-order valence-corrected chi connectivity index (χ3v) is 4.90. The van der Waals surface area contributed by atoms with Crippen LogP contribution in [0.2, 0.25) is 0 Å². The first kappa shape index (κ1) is 20.4. The smallest absolute Gasteiger partial charge is 0.363 e. The normalized spacial score (nSPS) is 15.9. The van der Waals surface area contributed by atoms with Crippen molar-refractivity contribution in [1.29, 1.82) is 0 Å². The molecule has 28 heavy (non-hydrogen) atoms. The SMILES string of the molecule is CCOc1cc(/C=C2\N=C(c3ccc(I)cc3)OC2=O)ccc1OC(C)CC. The van der Waals surface area contributed by atoms with Crippen LogP contribution in [0, 0.1) is 3.57 Å². The molecule has 0 saturated heterocycles. The lowest BCUT2D eigenvalue weighted by Crippen LogP contribution is -2.10. The molecule has 1 unspecified atom stereocenters. The molecule has 6 heteroatoms. The Morgan fingerprint density at radius 1 is 1.14 bits per heavy atom. The molecule has 0 amide bonds. The zero-order valence-electron chi connectivity index (χ0n) is 16.1. The van der Waals surface area contributed by atoms with Gasteiger partial charge in [-0.05, 0) is 90.9 Å². The average Bonchev–Trinajstić information content (AvgIpc) is 3.05. The van der Waals surface area contributed by atoms with Crippen LogP contribution in [0.15, 0.2) is 53.2 Å². The van der Waals surface area contributed by atoms with Gasteiger partial charge in [-0.3, -0.25) is 0 Å². The molecular formula is C22H22INO4. The number of cyclic esters (lactones) is 1. The Morgan fingerprint density at radius 3 is 2.57 bits per heavy atom. The van der Waals surface area contributed by atoms with E-state index in [9.17, 15) is 4.79 Å². The molecule has 0 saturated carbocycles. The van der Waals surface area contributed by atoms with E-state index in [1.165, 1.54) is 0 Å². The summed E-state index contributed by atoms with van der Waals surface area (Å²) in [6, 6.07) is 13.2. The summed E-state index contributed by atoms with van der Waals surface area (Å²) in [6.45, 7) is 6.53. The molecule has 1 atom stereocenters. The van der Waals surface area contributed by atoms with Crippen LogP contribution in [-0.4, -0.2) is 24.6 Å². The van der Waals surface area contributed by atoms with Gasteiger partial charge in [-0.2, -0.15) is 0 Å². The molecule has 0 fully saturated rings. The minimum Gasteiger partial charge on any atom is -0.490 e. The second kappa shape index (κ2) is 9.23. The monoisotopic (exact) mass is 491 g/mol. The number of hydrogen-bond donors (Lipinski definition) is 0. The summed E-state index contributed by atoms with van der Waals surface area (Å²) in [5, 5.41) is 0. The van der Waals surface area contributed by atoms with Crippen LogP contribution in [0.4, 0.5) is 0 Å². The molecule has 1 heterocycles. The number of carbonyl (C=O) groups excluding carboxylic acids is 1. The van der Waals surface area contributed by atoms with E-state index in [4.69, 9.17) is 14.2 Å². The second-order valence-electron chi connectivity index (χ2n) is 6.32. The zero-order chi connectivity index (χ0) is 20.1. The van der Waals surface area contributed by atoms with Gasteiger partial charge in [0.25, 0.3) is 0 Å². The first-order chi connectivity index (χ1) is 13.5. The number of aliphatic imine (C=N–C) groups is 1. The van der Waals surface area contributed by atoms with E-state index in [0.29, 0.717) is 24.0 Å². The molecule has 3 rings (SSSR count).